The predicted molar refractivity (Wildman–Crippen MR) is 70.4 cm³/mol. The summed E-state index contributed by atoms with van der Waals surface area (Å²) in [6.45, 7) is 2.93. The third-order valence-electron chi connectivity index (χ3n) is 3.20. The number of nitriles is 1. The molecule has 2 N–H and O–H groups in total. The zero-order valence-electron chi connectivity index (χ0n) is 11.1. The van der Waals surface area contributed by atoms with E-state index in [1.54, 1.807) is 19.1 Å². The van der Waals surface area contributed by atoms with Crippen LogP contribution >= 0.6 is 0 Å². The lowest BCUT2D eigenvalue weighted by atomic mass is 9.81. The highest BCUT2D eigenvalue weighted by molar-refractivity contribution is 5.96. The number of ether oxygens (including phenoxy) is 1. The molecule has 4 nitrogen and oxygen atoms in total. The number of Topliss-reactive ketones (excluding diaryl/α,β-unsaturated/α-hetero) is 1. The summed E-state index contributed by atoms with van der Waals surface area (Å²) in [5.74, 6) is -1.40. The summed E-state index contributed by atoms with van der Waals surface area (Å²) in [6, 6.07) is 7.91. The van der Waals surface area contributed by atoms with Gasteiger partial charge >= 0.3 is 0 Å². The molecular formula is C15H13FN2O2. The Morgan fingerprint density at radius 1 is 1.45 bits per heavy atom. The van der Waals surface area contributed by atoms with Gasteiger partial charge in [0, 0.05) is 11.1 Å². The Morgan fingerprint density at radius 2 is 2.10 bits per heavy atom. The van der Waals surface area contributed by atoms with Gasteiger partial charge < -0.3 is 10.5 Å². The van der Waals surface area contributed by atoms with Crippen LogP contribution < -0.4 is 5.73 Å². The quantitative estimate of drug-likeness (QED) is 0.897. The Balaban J connectivity index is 2.71. The smallest absolute Gasteiger partial charge is 0.205 e. The summed E-state index contributed by atoms with van der Waals surface area (Å²) in [7, 11) is 0. The van der Waals surface area contributed by atoms with Crippen LogP contribution in [-0.2, 0) is 9.53 Å². The topological polar surface area (TPSA) is 76.1 Å². The Bertz CT molecular complexity index is 683. The molecule has 0 saturated heterocycles. The van der Waals surface area contributed by atoms with Crippen molar-refractivity contribution in [3.05, 3.63) is 58.4 Å². The van der Waals surface area contributed by atoms with Gasteiger partial charge in [0.2, 0.25) is 5.88 Å². The third-order valence-corrected chi connectivity index (χ3v) is 3.20. The summed E-state index contributed by atoms with van der Waals surface area (Å²) < 4.78 is 19.3. The molecule has 0 amide bonds. The normalized spacial score (nSPS) is 18.6. The predicted octanol–water partition coefficient (Wildman–Crippen LogP) is 2.50. The molecule has 1 atom stereocenters. The van der Waals surface area contributed by atoms with E-state index in [9.17, 15) is 14.4 Å². The van der Waals surface area contributed by atoms with Crippen molar-refractivity contribution in [2.45, 2.75) is 19.8 Å². The van der Waals surface area contributed by atoms with Gasteiger partial charge in [0.05, 0.1) is 5.92 Å². The van der Waals surface area contributed by atoms with Crippen LogP contribution in [-0.4, -0.2) is 5.78 Å². The average Bonchev–Trinajstić information content (AvgIpc) is 2.38. The van der Waals surface area contributed by atoms with Crippen molar-refractivity contribution in [3.63, 3.8) is 0 Å². The number of carbonyl (C=O) groups excluding carboxylic acids is 1. The van der Waals surface area contributed by atoms with E-state index in [0.717, 1.165) is 0 Å². The highest BCUT2D eigenvalue weighted by Gasteiger charge is 2.35. The maximum atomic E-state index is 14.0. The number of ketones is 1. The first-order valence-corrected chi connectivity index (χ1v) is 6.01. The van der Waals surface area contributed by atoms with Crippen LogP contribution in [0.5, 0.6) is 0 Å². The van der Waals surface area contributed by atoms with Crippen LogP contribution in [0.1, 0.15) is 25.3 Å². The molecule has 0 unspecified atom stereocenters. The highest BCUT2D eigenvalue weighted by Crippen LogP contribution is 2.40. The molecule has 20 heavy (non-hydrogen) atoms. The molecule has 1 aromatic carbocycles. The third kappa shape index (κ3) is 2.16. The number of hydrogen-bond donors (Lipinski definition) is 1. The van der Waals surface area contributed by atoms with E-state index in [4.69, 9.17) is 10.5 Å². The van der Waals surface area contributed by atoms with Crippen molar-refractivity contribution in [2.24, 2.45) is 5.73 Å². The summed E-state index contributed by atoms with van der Waals surface area (Å²) in [4.78, 5) is 11.8. The van der Waals surface area contributed by atoms with Crippen molar-refractivity contribution < 1.29 is 13.9 Å². The molecule has 2 rings (SSSR count). The monoisotopic (exact) mass is 272 g/mol. The van der Waals surface area contributed by atoms with E-state index in [1.807, 2.05) is 6.07 Å². The summed E-state index contributed by atoms with van der Waals surface area (Å²) >= 11 is 0. The second kappa shape index (κ2) is 5.17. The standard InChI is InChI=1S/C15H13FN2O2/c1-8(19)13-9(2)20-15(18)11(7-17)14(13)10-5-3-4-6-12(10)16/h3-6,14H,18H2,1-2H3/t14-/m0/s1. The van der Waals surface area contributed by atoms with Crippen LogP contribution in [0, 0.1) is 17.1 Å². The molecule has 1 aliphatic heterocycles. The van der Waals surface area contributed by atoms with Gasteiger partial charge in [0.15, 0.2) is 5.78 Å². The van der Waals surface area contributed by atoms with Gasteiger partial charge in [-0.05, 0) is 19.9 Å². The van der Waals surface area contributed by atoms with E-state index in [0.29, 0.717) is 5.76 Å². The second-order valence-electron chi connectivity index (χ2n) is 4.47. The minimum absolute atomic E-state index is 0.0471. The van der Waals surface area contributed by atoms with Crippen LogP contribution in [0.2, 0.25) is 0 Å². The first-order valence-electron chi connectivity index (χ1n) is 6.01. The molecule has 1 heterocycles. The Kier molecular flexibility index (Phi) is 3.57. The minimum atomic E-state index is -0.826. The number of benzene rings is 1. The Hall–Kier alpha value is -2.61. The molecule has 1 aromatic rings. The molecule has 0 aliphatic carbocycles. The average molecular weight is 272 g/mol. The van der Waals surface area contributed by atoms with E-state index < -0.39 is 11.7 Å². The van der Waals surface area contributed by atoms with Crippen molar-refractivity contribution in [1.29, 1.82) is 5.26 Å². The highest BCUT2D eigenvalue weighted by atomic mass is 19.1. The number of halogens is 1. The number of rotatable bonds is 2. The number of nitrogens with zero attached hydrogens (tertiary/aromatic N) is 1. The van der Waals surface area contributed by atoms with Crippen molar-refractivity contribution in [1.82, 2.24) is 0 Å². The Labute approximate surface area is 116 Å². The first-order chi connectivity index (χ1) is 9.47. The SMILES string of the molecule is CC(=O)C1=C(C)OC(N)=C(C#N)[C@@H]1c1ccccc1F. The number of nitrogens with two attached hydrogens (primary N) is 1. The van der Waals surface area contributed by atoms with Crippen LogP contribution in [0.3, 0.4) is 0 Å². The molecule has 0 saturated carbocycles. The molecule has 0 aromatic heterocycles. The van der Waals surface area contributed by atoms with Gasteiger partial charge in [-0.25, -0.2) is 4.39 Å². The number of hydrogen-bond acceptors (Lipinski definition) is 4. The molecule has 0 bridgehead atoms. The van der Waals surface area contributed by atoms with Gasteiger partial charge in [-0.3, -0.25) is 4.79 Å². The minimum Gasteiger partial charge on any atom is -0.445 e. The summed E-state index contributed by atoms with van der Waals surface area (Å²) in [5, 5.41) is 9.25. The number of carbonyl (C=O) groups is 1. The van der Waals surface area contributed by atoms with Crippen LogP contribution in [0.15, 0.2) is 47.1 Å². The molecule has 102 valence electrons. The van der Waals surface area contributed by atoms with Crippen LogP contribution in [0.4, 0.5) is 4.39 Å². The molecule has 0 fully saturated rings. The largest absolute Gasteiger partial charge is 0.445 e. The van der Waals surface area contributed by atoms with E-state index in [2.05, 4.69) is 0 Å². The van der Waals surface area contributed by atoms with Gasteiger partial charge in [0.25, 0.3) is 0 Å². The lowest BCUT2D eigenvalue weighted by molar-refractivity contribution is -0.114. The van der Waals surface area contributed by atoms with Gasteiger partial charge in [-0.1, -0.05) is 18.2 Å². The molecule has 1 aliphatic rings. The molecular weight excluding hydrogens is 259 g/mol. The second-order valence-corrected chi connectivity index (χ2v) is 4.47. The van der Waals surface area contributed by atoms with E-state index in [1.165, 1.54) is 19.1 Å². The fraction of sp³-hybridized carbons (Fsp3) is 0.200. The molecule has 0 spiro atoms. The fourth-order valence-electron chi connectivity index (χ4n) is 2.36. The maximum absolute atomic E-state index is 14.0. The zero-order valence-corrected chi connectivity index (χ0v) is 11.1. The van der Waals surface area contributed by atoms with Crippen molar-refractivity contribution >= 4 is 5.78 Å². The number of allylic oxidation sites excluding steroid dienone is 3. The first kappa shape index (κ1) is 13.8. The van der Waals surface area contributed by atoms with Crippen LogP contribution in [0.25, 0.3) is 0 Å². The molecule has 5 heteroatoms. The van der Waals surface area contributed by atoms with E-state index in [-0.39, 0.29) is 28.4 Å². The zero-order chi connectivity index (χ0) is 14.9. The fourth-order valence-corrected chi connectivity index (χ4v) is 2.36. The van der Waals surface area contributed by atoms with Gasteiger partial charge in [0.1, 0.15) is 23.2 Å². The van der Waals surface area contributed by atoms with Crippen molar-refractivity contribution in [3.8, 4) is 6.07 Å². The van der Waals surface area contributed by atoms with E-state index >= 15 is 0 Å². The lowest BCUT2D eigenvalue weighted by Gasteiger charge is -2.26. The maximum Gasteiger partial charge on any atom is 0.205 e. The van der Waals surface area contributed by atoms with Gasteiger partial charge in [-0.15, -0.1) is 0 Å². The van der Waals surface area contributed by atoms with Gasteiger partial charge in [-0.2, -0.15) is 5.26 Å². The lowest BCUT2D eigenvalue weighted by Crippen LogP contribution is -2.23. The summed E-state index contributed by atoms with van der Waals surface area (Å²) in [6.07, 6.45) is 0. The molecule has 0 radical (unpaired) electrons. The Morgan fingerprint density at radius 3 is 2.65 bits per heavy atom. The summed E-state index contributed by atoms with van der Waals surface area (Å²) in [5.41, 5.74) is 6.22. The van der Waals surface area contributed by atoms with Crippen molar-refractivity contribution in [2.75, 3.05) is 0 Å².